The number of nitrogens with zero attached hydrogens (tertiary/aromatic N) is 1. The number of ether oxygens (including phenoxy) is 2. The van der Waals surface area contributed by atoms with Crippen LogP contribution < -0.4 is 19.7 Å². The quantitative estimate of drug-likeness (QED) is 0.198. The molecule has 1 aliphatic heterocycles. The van der Waals surface area contributed by atoms with Gasteiger partial charge in [-0.1, -0.05) is 47.5 Å². The van der Waals surface area contributed by atoms with Crippen LogP contribution in [0.15, 0.2) is 66.2 Å². The van der Waals surface area contributed by atoms with E-state index in [0.717, 1.165) is 28.2 Å². The summed E-state index contributed by atoms with van der Waals surface area (Å²) in [5.74, 6) is 1.96. The zero-order valence-electron chi connectivity index (χ0n) is 25.0. The first-order chi connectivity index (χ1) is 21.7. The van der Waals surface area contributed by atoms with Gasteiger partial charge in [-0.3, -0.25) is 14.9 Å². The largest absolute Gasteiger partial charge is 0.490 e. The van der Waals surface area contributed by atoms with Crippen molar-refractivity contribution >= 4 is 52.8 Å². The number of hydrogen-bond donors (Lipinski definition) is 1. The van der Waals surface area contributed by atoms with Crippen molar-refractivity contribution in [1.82, 2.24) is 5.32 Å². The van der Waals surface area contributed by atoms with E-state index in [9.17, 15) is 14.4 Å². The summed E-state index contributed by atoms with van der Waals surface area (Å²) < 4.78 is 11.8. The van der Waals surface area contributed by atoms with E-state index in [2.05, 4.69) is 17.4 Å². The first-order valence-electron chi connectivity index (χ1n) is 15.6. The molecule has 5 aliphatic rings. The highest BCUT2D eigenvalue weighted by Gasteiger charge is 2.51. The zero-order chi connectivity index (χ0) is 31.3. The van der Waals surface area contributed by atoms with Crippen LogP contribution in [0.3, 0.4) is 0 Å². The molecule has 0 radical (unpaired) electrons. The van der Waals surface area contributed by atoms with Crippen LogP contribution >= 0.6 is 23.2 Å². The van der Waals surface area contributed by atoms with E-state index in [4.69, 9.17) is 32.7 Å². The zero-order valence-corrected chi connectivity index (χ0v) is 26.5. The standard InChI is InChI=1S/C36H34Cl2N2O5/c1-2-44-32-16-21(4-10-31(32)45-20-22-3-9-29(37)30(38)15-22)14-28-33(41)39-35(43)40(34(28)42)27-7-5-26(6-8-27)36-17-23-11-24(18-36)13-25(12-23)19-36/h3-10,14-16,23-25H,2,11-13,17-20H2,1H3,(H,39,41,43)/b28-14+. The minimum atomic E-state index is -0.759. The summed E-state index contributed by atoms with van der Waals surface area (Å²) in [6.45, 7) is 2.46. The van der Waals surface area contributed by atoms with Gasteiger partial charge < -0.3 is 9.47 Å². The summed E-state index contributed by atoms with van der Waals surface area (Å²) >= 11 is 12.2. The Morgan fingerprint density at radius 2 is 1.53 bits per heavy atom. The number of hydrogen-bond acceptors (Lipinski definition) is 5. The van der Waals surface area contributed by atoms with E-state index < -0.39 is 17.8 Å². The van der Waals surface area contributed by atoms with Crippen LogP contribution in [0.4, 0.5) is 10.5 Å². The maximum atomic E-state index is 13.6. The van der Waals surface area contributed by atoms with Gasteiger partial charge in [0.05, 0.1) is 22.3 Å². The molecule has 4 amide bonds. The van der Waals surface area contributed by atoms with Crippen LogP contribution in [0.1, 0.15) is 62.1 Å². The lowest BCUT2D eigenvalue weighted by Crippen LogP contribution is -2.54. The van der Waals surface area contributed by atoms with Crippen molar-refractivity contribution in [3.05, 3.63) is 93.0 Å². The van der Waals surface area contributed by atoms with Crippen molar-refractivity contribution in [3.8, 4) is 11.5 Å². The number of amides is 4. The van der Waals surface area contributed by atoms with E-state index in [0.29, 0.717) is 39.4 Å². The number of carbonyl (C=O) groups is 3. The second-order valence-corrected chi connectivity index (χ2v) is 13.7. The number of barbiturate groups is 1. The van der Waals surface area contributed by atoms with Crippen LogP contribution in [0.2, 0.25) is 10.0 Å². The van der Waals surface area contributed by atoms with Gasteiger partial charge in [0.15, 0.2) is 11.5 Å². The van der Waals surface area contributed by atoms with Crippen molar-refractivity contribution in [2.24, 2.45) is 17.8 Å². The fourth-order valence-electron chi connectivity index (χ4n) is 8.28. The molecule has 4 aliphatic carbocycles. The van der Waals surface area contributed by atoms with Crippen LogP contribution in [-0.4, -0.2) is 24.5 Å². The molecule has 5 fully saturated rings. The molecule has 8 rings (SSSR count). The Bertz CT molecular complexity index is 1680. The smallest absolute Gasteiger partial charge is 0.335 e. The Hall–Kier alpha value is -3.81. The average molecular weight is 646 g/mol. The first kappa shape index (κ1) is 29.9. The summed E-state index contributed by atoms with van der Waals surface area (Å²) in [6.07, 6.45) is 9.24. The Morgan fingerprint density at radius 1 is 0.844 bits per heavy atom. The maximum Gasteiger partial charge on any atom is 0.335 e. The van der Waals surface area contributed by atoms with Gasteiger partial charge in [0, 0.05) is 0 Å². The third-order valence-corrected chi connectivity index (χ3v) is 10.6. The molecule has 1 N–H and O–H groups in total. The molecule has 0 aromatic heterocycles. The molecule has 3 aromatic carbocycles. The van der Waals surface area contributed by atoms with Crippen molar-refractivity contribution in [1.29, 1.82) is 0 Å². The van der Waals surface area contributed by atoms with Gasteiger partial charge in [-0.25, -0.2) is 9.69 Å². The van der Waals surface area contributed by atoms with Crippen LogP contribution in [0.5, 0.6) is 11.5 Å². The van der Waals surface area contributed by atoms with E-state index in [1.54, 1.807) is 30.3 Å². The van der Waals surface area contributed by atoms with Crippen LogP contribution in [0, 0.1) is 17.8 Å². The molecule has 1 heterocycles. The molecule has 7 nitrogen and oxygen atoms in total. The summed E-state index contributed by atoms with van der Waals surface area (Å²) in [4.78, 5) is 40.5. The monoisotopic (exact) mass is 644 g/mol. The second-order valence-electron chi connectivity index (χ2n) is 12.9. The molecule has 232 valence electrons. The Balaban J connectivity index is 1.11. The highest BCUT2D eigenvalue weighted by atomic mass is 35.5. The molecular weight excluding hydrogens is 611 g/mol. The summed E-state index contributed by atoms with van der Waals surface area (Å²) in [7, 11) is 0. The Morgan fingerprint density at radius 3 is 2.18 bits per heavy atom. The van der Waals surface area contributed by atoms with Gasteiger partial charge in [0.2, 0.25) is 0 Å². The lowest BCUT2D eigenvalue weighted by molar-refractivity contribution is -0.122. The SMILES string of the molecule is CCOc1cc(/C=C2\C(=O)NC(=O)N(c3ccc(C45CC6CC(CC(C6)C4)C5)cc3)C2=O)ccc1OCc1ccc(Cl)c(Cl)c1. The fraction of sp³-hybridized carbons (Fsp3) is 0.361. The van der Waals surface area contributed by atoms with Crippen molar-refractivity contribution < 1.29 is 23.9 Å². The third-order valence-electron chi connectivity index (χ3n) is 9.83. The second kappa shape index (κ2) is 11.8. The normalized spacial score (nSPS) is 26.4. The van der Waals surface area contributed by atoms with E-state index in [1.165, 1.54) is 50.2 Å². The Labute approximate surface area is 272 Å². The van der Waals surface area contributed by atoms with Gasteiger partial charge in [0.1, 0.15) is 12.2 Å². The molecule has 4 saturated carbocycles. The molecular formula is C36H34Cl2N2O5. The minimum Gasteiger partial charge on any atom is -0.490 e. The average Bonchev–Trinajstić information content (AvgIpc) is 3.00. The van der Waals surface area contributed by atoms with Gasteiger partial charge in [0.25, 0.3) is 11.8 Å². The number of halogens is 2. The number of anilines is 1. The number of carbonyl (C=O) groups excluding carboxylic acids is 3. The third kappa shape index (κ3) is 5.72. The predicted octanol–water partition coefficient (Wildman–Crippen LogP) is 8.11. The van der Waals surface area contributed by atoms with Gasteiger partial charge in [-0.15, -0.1) is 0 Å². The molecule has 0 spiro atoms. The highest BCUT2D eigenvalue weighted by molar-refractivity contribution is 6.42. The van der Waals surface area contributed by atoms with Crippen LogP contribution in [-0.2, 0) is 21.6 Å². The number of rotatable bonds is 8. The summed E-state index contributed by atoms with van der Waals surface area (Å²) in [5, 5.41) is 3.23. The van der Waals surface area contributed by atoms with E-state index in [-0.39, 0.29) is 17.6 Å². The van der Waals surface area contributed by atoms with E-state index in [1.807, 2.05) is 25.1 Å². The van der Waals surface area contributed by atoms with Crippen LogP contribution in [0.25, 0.3) is 6.08 Å². The number of nitrogens with one attached hydrogen (secondary N) is 1. The van der Waals surface area contributed by atoms with Crippen molar-refractivity contribution in [2.45, 2.75) is 57.5 Å². The van der Waals surface area contributed by atoms with Gasteiger partial charge in [-0.2, -0.15) is 0 Å². The Kier molecular flexibility index (Phi) is 7.86. The molecule has 4 bridgehead atoms. The highest BCUT2D eigenvalue weighted by Crippen LogP contribution is 2.60. The molecule has 9 heteroatoms. The molecule has 0 atom stereocenters. The summed E-state index contributed by atoms with van der Waals surface area (Å²) in [6, 6.07) is 17.5. The summed E-state index contributed by atoms with van der Waals surface area (Å²) in [5.41, 5.74) is 3.17. The van der Waals surface area contributed by atoms with Gasteiger partial charge >= 0.3 is 6.03 Å². The number of urea groups is 1. The predicted molar refractivity (Wildman–Crippen MR) is 174 cm³/mol. The van der Waals surface area contributed by atoms with Crippen molar-refractivity contribution in [3.63, 3.8) is 0 Å². The lowest BCUT2D eigenvalue weighted by Gasteiger charge is -2.57. The maximum absolute atomic E-state index is 13.6. The van der Waals surface area contributed by atoms with E-state index >= 15 is 0 Å². The minimum absolute atomic E-state index is 0.147. The van der Waals surface area contributed by atoms with Gasteiger partial charge in [-0.05, 0) is 128 Å². The first-order valence-corrected chi connectivity index (χ1v) is 16.3. The lowest BCUT2D eigenvalue weighted by atomic mass is 9.48. The van der Waals surface area contributed by atoms with Crippen molar-refractivity contribution in [2.75, 3.05) is 11.5 Å². The number of imide groups is 2. The molecule has 1 saturated heterocycles. The fourth-order valence-corrected chi connectivity index (χ4v) is 8.60. The topological polar surface area (TPSA) is 84.9 Å². The molecule has 45 heavy (non-hydrogen) atoms. The molecule has 3 aromatic rings. The number of benzene rings is 3. The molecule has 0 unspecified atom stereocenters.